The number of benzene rings is 2. The number of hydrogen-bond acceptors (Lipinski definition) is 0. The van der Waals surface area contributed by atoms with Gasteiger partial charge in [0.1, 0.15) is 0 Å². The van der Waals surface area contributed by atoms with Crippen molar-refractivity contribution in [3.8, 4) is 11.1 Å². The Morgan fingerprint density at radius 1 is 0.636 bits per heavy atom. The van der Waals surface area contributed by atoms with Crippen LogP contribution in [0.25, 0.3) is 11.1 Å². The van der Waals surface area contributed by atoms with E-state index in [0.717, 1.165) is 0 Å². The Hall–Kier alpha value is -1.50. The van der Waals surface area contributed by atoms with Gasteiger partial charge in [0.25, 0.3) is 0 Å². The summed E-state index contributed by atoms with van der Waals surface area (Å²) in [5.41, 5.74) is 9.12. The van der Waals surface area contributed by atoms with Crippen molar-refractivity contribution < 1.29 is 0 Å². The molecule has 1 heterocycles. The van der Waals surface area contributed by atoms with Crippen LogP contribution in [0.3, 0.4) is 0 Å². The molecule has 0 saturated carbocycles. The summed E-state index contributed by atoms with van der Waals surface area (Å²) in [7, 11) is 0. The first-order valence-corrected chi connectivity index (χ1v) is 8.38. The minimum absolute atomic E-state index is 0.208. The molecule has 0 spiro atoms. The van der Waals surface area contributed by atoms with Crippen LogP contribution >= 0.6 is 0 Å². The predicted molar refractivity (Wildman–Crippen MR) is 100 cm³/mol. The van der Waals surface area contributed by atoms with Gasteiger partial charge in [-0.05, 0) is 33.1 Å². The molecule has 0 saturated heterocycles. The summed E-state index contributed by atoms with van der Waals surface area (Å²) >= 11 is 0. The van der Waals surface area contributed by atoms with E-state index in [2.05, 4.69) is 84.8 Å². The van der Waals surface area contributed by atoms with Gasteiger partial charge in [-0.2, -0.15) is 0 Å². The highest BCUT2D eigenvalue weighted by atomic mass is 14.2. The van der Waals surface area contributed by atoms with Crippen LogP contribution in [0.1, 0.15) is 52.7 Å². The lowest BCUT2D eigenvalue weighted by molar-refractivity contribution is 0.590. The Morgan fingerprint density at radius 3 is 1.32 bits per heavy atom. The van der Waals surface area contributed by atoms with Crippen molar-refractivity contribution >= 4 is 17.6 Å². The van der Waals surface area contributed by atoms with Crippen molar-refractivity contribution in [2.24, 2.45) is 0 Å². The predicted octanol–water partition coefficient (Wildman–Crippen LogP) is 4.50. The third-order valence-corrected chi connectivity index (χ3v) is 5.06. The molecule has 0 fully saturated rings. The average molecular weight is 290 g/mol. The molecular formula is C21H27B. The van der Waals surface area contributed by atoms with Crippen molar-refractivity contribution in [2.75, 3.05) is 0 Å². The van der Waals surface area contributed by atoms with E-state index < -0.39 is 0 Å². The molecule has 114 valence electrons. The van der Waals surface area contributed by atoms with Gasteiger partial charge in [0.15, 0.2) is 0 Å². The molecule has 0 unspecified atom stereocenters. The Bertz CT molecular complexity index is 663. The van der Waals surface area contributed by atoms with E-state index in [4.69, 9.17) is 0 Å². The fraction of sp³-hybridized carbons (Fsp3) is 0.429. The van der Waals surface area contributed by atoms with Crippen molar-refractivity contribution in [1.29, 1.82) is 0 Å². The van der Waals surface area contributed by atoms with E-state index in [9.17, 15) is 0 Å². The van der Waals surface area contributed by atoms with E-state index in [-0.39, 0.29) is 10.8 Å². The molecule has 1 heteroatoms. The van der Waals surface area contributed by atoms with Gasteiger partial charge < -0.3 is 0 Å². The average Bonchev–Trinajstić information content (AvgIpc) is 2.70. The molecular weight excluding hydrogens is 263 g/mol. The van der Waals surface area contributed by atoms with Crippen LogP contribution in [-0.4, -0.2) is 6.71 Å². The maximum Gasteiger partial charge on any atom is 0.207 e. The molecule has 1 aliphatic rings. The van der Waals surface area contributed by atoms with Crippen LogP contribution in [0.5, 0.6) is 0 Å². The Balaban J connectivity index is 2.13. The quantitative estimate of drug-likeness (QED) is 0.627. The lowest BCUT2D eigenvalue weighted by Gasteiger charge is -2.20. The third-order valence-electron chi connectivity index (χ3n) is 5.06. The van der Waals surface area contributed by atoms with Crippen molar-refractivity contribution in [3.63, 3.8) is 0 Å². The highest BCUT2D eigenvalue weighted by Gasteiger charge is 2.30. The van der Waals surface area contributed by atoms with E-state index in [1.807, 2.05) is 0 Å². The summed E-state index contributed by atoms with van der Waals surface area (Å²) in [6.45, 7) is 16.6. The zero-order chi connectivity index (χ0) is 16.3. The van der Waals surface area contributed by atoms with Gasteiger partial charge in [0, 0.05) is 0 Å². The third kappa shape index (κ3) is 2.41. The Labute approximate surface area is 136 Å². The largest absolute Gasteiger partial charge is 0.207 e. The summed E-state index contributed by atoms with van der Waals surface area (Å²) in [5, 5.41) is 0. The zero-order valence-electron chi connectivity index (χ0n) is 15.0. The first kappa shape index (κ1) is 15.4. The number of fused-ring (bicyclic) bond motifs is 3. The molecule has 0 aliphatic carbocycles. The number of rotatable bonds is 0. The van der Waals surface area contributed by atoms with Gasteiger partial charge in [0.2, 0.25) is 6.71 Å². The molecule has 0 aromatic heterocycles. The SMILES string of the molecule is CB1c2cc(C(C)(C)C)ccc2-c2ccc(C(C)(C)C)cc21. The molecule has 3 rings (SSSR count). The highest BCUT2D eigenvalue weighted by Crippen LogP contribution is 2.30. The van der Waals surface area contributed by atoms with Gasteiger partial charge in [-0.25, -0.2) is 0 Å². The molecule has 0 atom stereocenters. The monoisotopic (exact) mass is 290 g/mol. The summed E-state index contributed by atoms with van der Waals surface area (Å²) in [5.74, 6) is 0. The van der Waals surface area contributed by atoms with E-state index in [0.29, 0.717) is 6.71 Å². The van der Waals surface area contributed by atoms with Gasteiger partial charge in [-0.15, -0.1) is 0 Å². The Kier molecular flexibility index (Phi) is 3.32. The normalized spacial score (nSPS) is 14.0. The van der Waals surface area contributed by atoms with Gasteiger partial charge in [0.05, 0.1) is 0 Å². The molecule has 2 aromatic rings. The molecule has 0 radical (unpaired) electrons. The maximum atomic E-state index is 2.43. The van der Waals surface area contributed by atoms with Crippen LogP contribution in [0, 0.1) is 0 Å². The second kappa shape index (κ2) is 4.75. The minimum atomic E-state index is 0.208. The van der Waals surface area contributed by atoms with Crippen molar-refractivity contribution in [1.82, 2.24) is 0 Å². The van der Waals surface area contributed by atoms with Crippen molar-refractivity contribution in [2.45, 2.75) is 59.2 Å². The van der Waals surface area contributed by atoms with E-state index in [1.165, 1.54) is 33.2 Å². The zero-order valence-corrected chi connectivity index (χ0v) is 15.0. The Morgan fingerprint density at radius 2 is 1.00 bits per heavy atom. The van der Waals surface area contributed by atoms with E-state index >= 15 is 0 Å². The second-order valence-corrected chi connectivity index (χ2v) is 8.83. The lowest BCUT2D eigenvalue weighted by atomic mass is 9.44. The molecule has 1 aliphatic heterocycles. The summed E-state index contributed by atoms with van der Waals surface area (Å²) in [6.07, 6.45) is 0. The number of hydrogen-bond donors (Lipinski definition) is 0. The maximum absolute atomic E-state index is 2.43. The lowest BCUT2D eigenvalue weighted by Crippen LogP contribution is -2.35. The fourth-order valence-electron chi connectivity index (χ4n) is 3.43. The highest BCUT2D eigenvalue weighted by molar-refractivity contribution is 6.88. The first-order valence-electron chi connectivity index (χ1n) is 8.38. The van der Waals surface area contributed by atoms with Gasteiger partial charge in [-0.3, -0.25) is 0 Å². The standard InChI is InChI=1S/C21H27B/c1-20(2,3)14-8-10-16-17-11-9-15(21(4,5)6)13-19(17)22(7)18(16)12-14/h8-13H,1-7H3. The topological polar surface area (TPSA) is 0 Å². The summed E-state index contributed by atoms with van der Waals surface area (Å²) < 4.78 is 0. The van der Waals surface area contributed by atoms with Crippen LogP contribution < -0.4 is 10.9 Å². The molecule has 2 aromatic carbocycles. The van der Waals surface area contributed by atoms with Gasteiger partial charge in [-0.1, -0.05) is 95.7 Å². The molecule has 22 heavy (non-hydrogen) atoms. The van der Waals surface area contributed by atoms with Crippen LogP contribution in [0.2, 0.25) is 6.82 Å². The summed E-state index contributed by atoms with van der Waals surface area (Å²) in [6, 6.07) is 14.1. The molecule has 0 amide bonds. The van der Waals surface area contributed by atoms with Crippen LogP contribution in [0.4, 0.5) is 0 Å². The fourth-order valence-corrected chi connectivity index (χ4v) is 3.43. The smallest absolute Gasteiger partial charge is 0.0774 e. The van der Waals surface area contributed by atoms with Crippen LogP contribution in [-0.2, 0) is 10.8 Å². The summed E-state index contributed by atoms with van der Waals surface area (Å²) in [4.78, 5) is 0. The second-order valence-electron chi connectivity index (χ2n) is 8.83. The van der Waals surface area contributed by atoms with Crippen LogP contribution in [0.15, 0.2) is 36.4 Å². The van der Waals surface area contributed by atoms with E-state index in [1.54, 1.807) is 0 Å². The van der Waals surface area contributed by atoms with Crippen molar-refractivity contribution in [3.05, 3.63) is 47.5 Å². The molecule has 0 bridgehead atoms. The molecule has 0 N–H and O–H groups in total. The van der Waals surface area contributed by atoms with Gasteiger partial charge >= 0.3 is 0 Å². The first-order chi connectivity index (χ1) is 10.1. The minimum Gasteiger partial charge on any atom is -0.0774 e. The molecule has 0 nitrogen and oxygen atoms in total.